The zero-order valence-corrected chi connectivity index (χ0v) is 51.8. The molecule has 0 amide bonds. The molecule has 0 aromatic rings. The van der Waals surface area contributed by atoms with Crippen LogP contribution in [0, 0.1) is 0 Å². The van der Waals surface area contributed by atoms with Gasteiger partial charge in [-0.25, -0.2) is 4.57 Å². The van der Waals surface area contributed by atoms with Crippen molar-refractivity contribution >= 4 is 19.8 Å². The number of allylic oxidation sites excluding steroid dienone is 28. The first-order valence-electron chi connectivity index (χ1n) is 31.6. The second-order valence-electron chi connectivity index (χ2n) is 20.2. The van der Waals surface area contributed by atoms with Crippen LogP contribution in [0.15, 0.2) is 170 Å². The molecule has 0 saturated carbocycles. The van der Waals surface area contributed by atoms with Gasteiger partial charge in [0.2, 0.25) is 0 Å². The van der Waals surface area contributed by atoms with Gasteiger partial charge in [0.25, 0.3) is 0 Å². The molecule has 2 unspecified atom stereocenters. The molecule has 0 heterocycles. The molecule has 0 aliphatic heterocycles. The fourth-order valence-electron chi connectivity index (χ4n) is 8.01. The van der Waals surface area contributed by atoms with Crippen molar-refractivity contribution in [3.63, 3.8) is 0 Å². The fourth-order valence-corrected chi connectivity index (χ4v) is 8.77. The van der Waals surface area contributed by atoms with Crippen molar-refractivity contribution in [2.24, 2.45) is 5.73 Å². The Bertz CT molecular complexity index is 1930. The van der Waals surface area contributed by atoms with Crippen molar-refractivity contribution in [1.82, 2.24) is 0 Å². The van der Waals surface area contributed by atoms with Crippen LogP contribution in [0.2, 0.25) is 0 Å². The van der Waals surface area contributed by atoms with Crippen molar-refractivity contribution in [1.29, 1.82) is 0 Å². The molecule has 0 rings (SSSR count). The van der Waals surface area contributed by atoms with E-state index in [-0.39, 0.29) is 32.6 Å². The van der Waals surface area contributed by atoms with E-state index in [0.717, 1.165) is 141 Å². The Labute approximate surface area is 495 Å². The summed E-state index contributed by atoms with van der Waals surface area (Å²) in [5.74, 6) is -0.871. The van der Waals surface area contributed by atoms with Crippen LogP contribution in [0.3, 0.4) is 0 Å². The summed E-state index contributed by atoms with van der Waals surface area (Å²) >= 11 is 0. The average molecular weight is 1140 g/mol. The monoisotopic (exact) mass is 1140 g/mol. The third-order valence-corrected chi connectivity index (χ3v) is 13.6. The van der Waals surface area contributed by atoms with Crippen molar-refractivity contribution in [3.8, 4) is 0 Å². The van der Waals surface area contributed by atoms with E-state index in [9.17, 15) is 19.0 Å². The first-order valence-corrected chi connectivity index (χ1v) is 33.1. The highest BCUT2D eigenvalue weighted by Gasteiger charge is 2.26. The number of esters is 2. The molecule has 2 atom stereocenters. The van der Waals surface area contributed by atoms with Crippen LogP contribution in [0.4, 0.5) is 0 Å². The Morgan fingerprint density at radius 1 is 0.370 bits per heavy atom. The van der Waals surface area contributed by atoms with Gasteiger partial charge >= 0.3 is 19.8 Å². The number of nitrogens with two attached hydrogens (primary N) is 1. The number of unbranched alkanes of at least 4 members (excludes halogenated alkanes) is 16. The smallest absolute Gasteiger partial charge is 0.462 e. The summed E-state index contributed by atoms with van der Waals surface area (Å²) in [5, 5.41) is 0. The molecule has 0 aromatic carbocycles. The minimum atomic E-state index is -4.41. The van der Waals surface area contributed by atoms with E-state index in [1.54, 1.807) is 0 Å². The zero-order valence-electron chi connectivity index (χ0n) is 50.9. The lowest BCUT2D eigenvalue weighted by Crippen LogP contribution is -2.29. The van der Waals surface area contributed by atoms with Gasteiger partial charge in [-0.05, 0) is 128 Å². The van der Waals surface area contributed by atoms with Gasteiger partial charge in [-0.15, -0.1) is 0 Å². The van der Waals surface area contributed by atoms with E-state index in [1.165, 1.54) is 57.8 Å². The second kappa shape index (κ2) is 64.5. The molecule has 0 bridgehead atoms. The number of ether oxygens (including phenoxy) is 2. The maximum Gasteiger partial charge on any atom is 0.472 e. The predicted octanol–water partition coefficient (Wildman–Crippen LogP) is 20.6. The largest absolute Gasteiger partial charge is 0.472 e. The molecule has 9 nitrogen and oxygen atoms in total. The summed E-state index contributed by atoms with van der Waals surface area (Å²) < 4.78 is 33.1. The lowest BCUT2D eigenvalue weighted by molar-refractivity contribution is -0.161. The summed E-state index contributed by atoms with van der Waals surface area (Å²) in [7, 11) is -4.41. The second-order valence-corrected chi connectivity index (χ2v) is 21.6. The first-order chi connectivity index (χ1) is 39.8. The predicted molar refractivity (Wildman–Crippen MR) is 348 cm³/mol. The Morgan fingerprint density at radius 2 is 0.642 bits per heavy atom. The average Bonchev–Trinajstić information content (AvgIpc) is 3.46. The van der Waals surface area contributed by atoms with Crippen molar-refractivity contribution in [3.05, 3.63) is 170 Å². The topological polar surface area (TPSA) is 134 Å². The first kappa shape index (κ1) is 76.4. The third kappa shape index (κ3) is 64.4. The Morgan fingerprint density at radius 3 is 0.951 bits per heavy atom. The molecule has 0 aromatic heterocycles. The summed E-state index contributed by atoms with van der Waals surface area (Å²) in [6.45, 7) is 3.47. The molecule has 0 saturated heterocycles. The lowest BCUT2D eigenvalue weighted by atomic mass is 10.0. The quantitative estimate of drug-likeness (QED) is 0.0264. The van der Waals surface area contributed by atoms with Crippen molar-refractivity contribution in [2.75, 3.05) is 26.4 Å². The standard InChI is InChI=1S/C71H114NO8P/c1-3-5-7-9-11-13-15-17-19-21-23-25-27-29-31-33-34-36-37-39-41-43-45-47-49-51-53-55-57-59-61-63-70(73)77-67-69(68-79-81(75,76)78-66-65-72)80-71(74)64-62-60-58-56-54-52-50-48-46-44-42-40-38-35-32-30-28-26-24-22-20-18-16-14-12-10-8-6-4-2/h5-8,11-14,17-20,23-26,29-32,34,36,38,40,44,46,50,52,69H,3-4,9-10,15-16,21-22,27-28,33,35,37,39,41-43,45,47-49,51,53-68,72H2,1-2H3,(H,75,76)/b7-5-,8-6-,13-11-,14-12-,19-17-,20-18-,25-23-,26-24-,31-29-,32-30-,36-34-,40-38-,46-44-,52-50-. The Hall–Kier alpha value is -4.63. The number of carbonyl (C=O) groups excluding carboxylic acids is 2. The molecule has 456 valence electrons. The van der Waals surface area contributed by atoms with E-state index >= 15 is 0 Å². The lowest BCUT2D eigenvalue weighted by Gasteiger charge is -2.19. The Balaban J connectivity index is 4.06. The maximum absolute atomic E-state index is 12.7. The van der Waals surface area contributed by atoms with Crippen LogP contribution < -0.4 is 5.73 Å². The van der Waals surface area contributed by atoms with E-state index < -0.39 is 32.5 Å². The molecule has 3 N–H and O–H groups in total. The van der Waals surface area contributed by atoms with Crippen LogP contribution in [0.1, 0.15) is 232 Å². The minimum Gasteiger partial charge on any atom is -0.462 e. The van der Waals surface area contributed by atoms with Crippen LogP contribution in [-0.2, 0) is 32.7 Å². The van der Waals surface area contributed by atoms with Crippen molar-refractivity contribution in [2.45, 2.75) is 238 Å². The third-order valence-electron chi connectivity index (χ3n) is 12.6. The summed E-state index contributed by atoms with van der Waals surface area (Å²) in [6.07, 6.45) is 95.5. The highest BCUT2D eigenvalue weighted by atomic mass is 31.2. The fraction of sp³-hybridized carbons (Fsp3) is 0.577. The van der Waals surface area contributed by atoms with Gasteiger partial charge in [-0.2, -0.15) is 0 Å². The van der Waals surface area contributed by atoms with Gasteiger partial charge in [0.15, 0.2) is 6.10 Å². The molecule has 0 radical (unpaired) electrons. The van der Waals surface area contributed by atoms with Gasteiger partial charge in [-0.3, -0.25) is 18.6 Å². The van der Waals surface area contributed by atoms with Crippen LogP contribution in [0.25, 0.3) is 0 Å². The van der Waals surface area contributed by atoms with Gasteiger partial charge in [-0.1, -0.05) is 261 Å². The van der Waals surface area contributed by atoms with E-state index in [0.29, 0.717) is 6.42 Å². The molecule has 0 aliphatic rings. The normalized spacial score (nSPS) is 14.2. The highest BCUT2D eigenvalue weighted by molar-refractivity contribution is 7.47. The SMILES string of the molecule is CC/C=C\C/C=C\C/C=C\C/C=C\C/C=C\C/C=C\C/C=C\C/C=C\CCCCCCC(=O)OC(COC(=O)CCCCCCCCCCCCCC/C=C\C/C=C\C/C=C\C/C=C\C/C=C\C/C=C\CC)COP(=O)(O)OCCN. The number of hydrogen-bond donors (Lipinski definition) is 2. The van der Waals surface area contributed by atoms with E-state index in [4.69, 9.17) is 24.3 Å². The van der Waals surface area contributed by atoms with Gasteiger partial charge in [0.1, 0.15) is 6.61 Å². The maximum atomic E-state index is 12.7. The number of phosphoric acid groups is 1. The Kier molecular flexibility index (Phi) is 60.8. The number of hydrogen-bond acceptors (Lipinski definition) is 8. The summed E-state index contributed by atoms with van der Waals surface area (Å²) in [4.78, 5) is 35.3. The molecule has 10 heteroatoms. The molecule has 0 aliphatic carbocycles. The van der Waals surface area contributed by atoms with E-state index in [2.05, 4.69) is 184 Å². The van der Waals surface area contributed by atoms with Crippen LogP contribution in [-0.4, -0.2) is 49.3 Å². The highest BCUT2D eigenvalue weighted by Crippen LogP contribution is 2.43. The summed E-state index contributed by atoms with van der Waals surface area (Å²) in [6, 6.07) is 0. The molecule has 0 fully saturated rings. The molecule has 81 heavy (non-hydrogen) atoms. The molecular formula is C71H114NO8P. The van der Waals surface area contributed by atoms with Gasteiger partial charge in [0.05, 0.1) is 13.2 Å². The van der Waals surface area contributed by atoms with E-state index in [1.807, 2.05) is 0 Å². The van der Waals surface area contributed by atoms with Gasteiger partial charge < -0.3 is 20.1 Å². The summed E-state index contributed by atoms with van der Waals surface area (Å²) in [5.41, 5.74) is 5.39. The molecule has 0 spiro atoms. The zero-order chi connectivity index (χ0) is 58.7. The minimum absolute atomic E-state index is 0.0393. The van der Waals surface area contributed by atoms with Gasteiger partial charge in [0, 0.05) is 19.4 Å². The number of rotatable bonds is 57. The van der Waals surface area contributed by atoms with Crippen LogP contribution >= 0.6 is 7.82 Å². The number of phosphoric ester groups is 1. The van der Waals surface area contributed by atoms with Crippen LogP contribution in [0.5, 0.6) is 0 Å². The number of carbonyl (C=O) groups is 2. The molecular weight excluding hydrogens is 1030 g/mol. The van der Waals surface area contributed by atoms with Crippen molar-refractivity contribution < 1.29 is 37.6 Å².